The van der Waals surface area contributed by atoms with Crippen molar-refractivity contribution in [2.24, 2.45) is 5.92 Å². The third-order valence-corrected chi connectivity index (χ3v) is 6.63. The molecule has 0 saturated heterocycles. The maximum Gasteiger partial charge on any atom is 0.408 e. The summed E-state index contributed by atoms with van der Waals surface area (Å²) in [5.74, 6) is -0.678. The Labute approximate surface area is 245 Å². The van der Waals surface area contributed by atoms with E-state index in [1.807, 2.05) is 45.0 Å². The molecule has 0 bridgehead atoms. The van der Waals surface area contributed by atoms with Gasteiger partial charge in [-0.1, -0.05) is 76.8 Å². The van der Waals surface area contributed by atoms with E-state index in [1.54, 1.807) is 37.8 Å². The van der Waals surface area contributed by atoms with Crippen LogP contribution in [0.5, 0.6) is 5.75 Å². The second kappa shape index (κ2) is 16.0. The van der Waals surface area contributed by atoms with Crippen molar-refractivity contribution in [1.29, 1.82) is 0 Å². The summed E-state index contributed by atoms with van der Waals surface area (Å²) >= 11 is 0. The molecule has 41 heavy (non-hydrogen) atoms. The van der Waals surface area contributed by atoms with Gasteiger partial charge in [-0.3, -0.25) is 9.59 Å². The van der Waals surface area contributed by atoms with Gasteiger partial charge in [-0.2, -0.15) is 0 Å². The van der Waals surface area contributed by atoms with Crippen molar-refractivity contribution in [2.75, 3.05) is 11.9 Å². The molecular formula is C33H49N3O5. The molecule has 226 valence electrons. The molecule has 8 heteroatoms. The number of alkyl carbamates (subject to hydrolysis) is 1. The third-order valence-electron chi connectivity index (χ3n) is 6.63. The van der Waals surface area contributed by atoms with Gasteiger partial charge in [-0.15, -0.1) is 0 Å². The second-order valence-electron chi connectivity index (χ2n) is 12.1. The van der Waals surface area contributed by atoms with E-state index in [-0.39, 0.29) is 17.6 Å². The first-order valence-corrected chi connectivity index (χ1v) is 14.8. The van der Waals surface area contributed by atoms with Gasteiger partial charge in [0.25, 0.3) is 5.91 Å². The molecule has 0 aliphatic rings. The van der Waals surface area contributed by atoms with Gasteiger partial charge in [-0.25, -0.2) is 4.79 Å². The number of hydrogen-bond acceptors (Lipinski definition) is 5. The SMILES string of the molecule is CCCCCCCN(C(=O)C(CC(C)C)NC(=O)OC(C)(C)C)C(C(=O)Nc1ccccc1C)c1cccc(O)c1. The van der Waals surface area contributed by atoms with Crippen molar-refractivity contribution in [3.8, 4) is 5.75 Å². The normalized spacial score (nSPS) is 12.9. The fourth-order valence-corrected chi connectivity index (χ4v) is 4.68. The van der Waals surface area contributed by atoms with Crippen LogP contribution in [-0.2, 0) is 14.3 Å². The molecular weight excluding hydrogens is 518 g/mol. The number of nitrogens with one attached hydrogen (secondary N) is 2. The van der Waals surface area contributed by atoms with Crippen molar-refractivity contribution >= 4 is 23.6 Å². The van der Waals surface area contributed by atoms with Crippen LogP contribution in [0.4, 0.5) is 10.5 Å². The zero-order chi connectivity index (χ0) is 30.6. The number of aromatic hydroxyl groups is 1. The number of benzene rings is 2. The van der Waals surface area contributed by atoms with E-state index in [9.17, 15) is 19.5 Å². The Balaban J connectivity index is 2.53. The maximum atomic E-state index is 14.3. The average molecular weight is 568 g/mol. The molecule has 2 unspecified atom stereocenters. The van der Waals surface area contributed by atoms with Crippen LogP contribution in [0, 0.1) is 12.8 Å². The Bertz CT molecular complexity index is 1140. The Morgan fingerprint density at radius 1 is 0.976 bits per heavy atom. The highest BCUT2D eigenvalue weighted by molar-refractivity contribution is 5.99. The Hall–Kier alpha value is -3.55. The molecule has 0 spiro atoms. The van der Waals surface area contributed by atoms with Crippen LogP contribution >= 0.6 is 0 Å². The van der Waals surface area contributed by atoms with Gasteiger partial charge in [0.2, 0.25) is 5.91 Å². The van der Waals surface area contributed by atoms with E-state index in [4.69, 9.17) is 4.74 Å². The van der Waals surface area contributed by atoms with Gasteiger partial charge in [0, 0.05) is 12.2 Å². The van der Waals surface area contributed by atoms with Crippen LogP contribution in [0.3, 0.4) is 0 Å². The quantitative estimate of drug-likeness (QED) is 0.211. The highest BCUT2D eigenvalue weighted by Gasteiger charge is 2.36. The van der Waals surface area contributed by atoms with E-state index in [1.165, 1.54) is 12.1 Å². The third kappa shape index (κ3) is 11.5. The number of ether oxygens (including phenoxy) is 1. The standard InChI is InChI=1S/C33H49N3O5/c1-8-9-10-11-14-20-36(31(39)28(21-23(2)3)35-32(40)41-33(5,6)7)29(25-17-15-18-26(37)22-25)30(38)34-27-19-13-12-16-24(27)4/h12-13,15-19,22-23,28-29,37H,8-11,14,20-21H2,1-7H3,(H,34,38)(H,35,40). The van der Waals surface area contributed by atoms with Crippen LogP contribution in [0.25, 0.3) is 0 Å². The van der Waals surface area contributed by atoms with E-state index in [0.29, 0.717) is 30.6 Å². The summed E-state index contributed by atoms with van der Waals surface area (Å²) in [5, 5.41) is 16.1. The predicted octanol–water partition coefficient (Wildman–Crippen LogP) is 7.12. The van der Waals surface area contributed by atoms with E-state index in [2.05, 4.69) is 17.6 Å². The number of carbonyl (C=O) groups is 3. The number of amides is 3. The molecule has 3 amide bonds. The predicted molar refractivity (Wildman–Crippen MR) is 164 cm³/mol. The van der Waals surface area contributed by atoms with E-state index >= 15 is 0 Å². The first-order valence-electron chi connectivity index (χ1n) is 14.8. The van der Waals surface area contributed by atoms with Crippen LogP contribution in [0.2, 0.25) is 0 Å². The molecule has 0 saturated carbocycles. The first-order chi connectivity index (χ1) is 19.3. The minimum Gasteiger partial charge on any atom is -0.508 e. The number of hydrogen-bond donors (Lipinski definition) is 3. The summed E-state index contributed by atoms with van der Waals surface area (Å²) in [6.45, 7) is 13.6. The molecule has 8 nitrogen and oxygen atoms in total. The summed E-state index contributed by atoms with van der Waals surface area (Å²) in [6, 6.07) is 12.0. The molecule has 0 aliphatic carbocycles. The van der Waals surface area contributed by atoms with Gasteiger partial charge in [0.05, 0.1) is 0 Å². The molecule has 0 aromatic heterocycles. The monoisotopic (exact) mass is 567 g/mol. The van der Waals surface area contributed by atoms with Crippen molar-refractivity contribution in [2.45, 2.75) is 105 Å². The lowest BCUT2D eigenvalue weighted by Crippen LogP contribution is -2.53. The van der Waals surface area contributed by atoms with Crippen molar-refractivity contribution < 1.29 is 24.2 Å². The number of nitrogens with zero attached hydrogens (tertiary/aromatic N) is 1. The second-order valence-corrected chi connectivity index (χ2v) is 12.1. The zero-order valence-electron chi connectivity index (χ0n) is 25.8. The summed E-state index contributed by atoms with van der Waals surface area (Å²) in [6.07, 6.45) is 4.49. The molecule has 2 aromatic carbocycles. The molecule has 0 fully saturated rings. The largest absolute Gasteiger partial charge is 0.508 e. The number of anilines is 1. The Morgan fingerprint density at radius 2 is 1.66 bits per heavy atom. The minimum atomic E-state index is -1.03. The van der Waals surface area contributed by atoms with E-state index in [0.717, 1.165) is 31.2 Å². The first kappa shape index (κ1) is 33.7. The topological polar surface area (TPSA) is 108 Å². The van der Waals surface area contributed by atoms with Crippen molar-refractivity contribution in [1.82, 2.24) is 10.2 Å². The molecule has 2 atom stereocenters. The summed E-state index contributed by atoms with van der Waals surface area (Å²) in [7, 11) is 0. The van der Waals surface area contributed by atoms with Gasteiger partial charge in [0.15, 0.2) is 0 Å². The molecule has 0 heterocycles. The number of rotatable bonds is 14. The number of aryl methyl sites for hydroxylation is 1. The van der Waals surface area contributed by atoms with Crippen LogP contribution in [0.1, 0.15) is 97.2 Å². The van der Waals surface area contributed by atoms with Crippen molar-refractivity contribution in [3.63, 3.8) is 0 Å². The fraction of sp³-hybridized carbons (Fsp3) is 0.545. The van der Waals surface area contributed by atoms with Gasteiger partial charge in [-0.05, 0) is 75.8 Å². The summed E-state index contributed by atoms with van der Waals surface area (Å²) in [4.78, 5) is 42.7. The summed E-state index contributed by atoms with van der Waals surface area (Å²) < 4.78 is 5.47. The lowest BCUT2D eigenvalue weighted by molar-refractivity contribution is -0.141. The van der Waals surface area contributed by atoms with Crippen LogP contribution in [-0.4, -0.2) is 46.1 Å². The fourth-order valence-electron chi connectivity index (χ4n) is 4.68. The molecule has 3 N–H and O–H groups in total. The molecule has 2 rings (SSSR count). The molecule has 2 aromatic rings. The van der Waals surface area contributed by atoms with E-state index < -0.39 is 29.7 Å². The Kier molecular flexibility index (Phi) is 13.2. The van der Waals surface area contributed by atoms with Crippen molar-refractivity contribution in [3.05, 3.63) is 59.7 Å². The Morgan fingerprint density at radius 3 is 2.27 bits per heavy atom. The average Bonchev–Trinajstić information content (AvgIpc) is 2.87. The molecule has 0 aliphatic heterocycles. The van der Waals surface area contributed by atoms with Gasteiger partial charge < -0.3 is 25.4 Å². The lowest BCUT2D eigenvalue weighted by Gasteiger charge is -2.35. The summed E-state index contributed by atoms with van der Waals surface area (Å²) in [5.41, 5.74) is 1.28. The van der Waals surface area contributed by atoms with Crippen LogP contribution in [0.15, 0.2) is 48.5 Å². The smallest absolute Gasteiger partial charge is 0.408 e. The van der Waals surface area contributed by atoms with Gasteiger partial charge >= 0.3 is 6.09 Å². The van der Waals surface area contributed by atoms with Gasteiger partial charge in [0.1, 0.15) is 23.4 Å². The number of para-hydroxylation sites is 1. The number of carbonyl (C=O) groups excluding carboxylic acids is 3. The van der Waals surface area contributed by atoms with Crippen LogP contribution < -0.4 is 10.6 Å². The molecule has 0 radical (unpaired) electrons. The number of phenols is 1. The zero-order valence-corrected chi connectivity index (χ0v) is 25.8. The minimum absolute atomic E-state index is 0.00264. The highest BCUT2D eigenvalue weighted by Crippen LogP contribution is 2.29. The highest BCUT2D eigenvalue weighted by atomic mass is 16.6. The lowest BCUT2D eigenvalue weighted by atomic mass is 9.98. The number of unbranched alkanes of at least 4 members (excludes halogenated alkanes) is 4. The number of phenolic OH excluding ortho intramolecular Hbond substituents is 1. The maximum absolute atomic E-state index is 14.3.